The number of nitrogens with one attached hydrogen (secondary N) is 2. The minimum absolute atomic E-state index is 0.179. The van der Waals surface area contributed by atoms with Crippen LogP contribution in [0.2, 0.25) is 5.02 Å². The second-order valence-electron chi connectivity index (χ2n) is 4.84. The van der Waals surface area contributed by atoms with Crippen LogP contribution >= 0.6 is 11.6 Å². The summed E-state index contributed by atoms with van der Waals surface area (Å²) in [7, 11) is 0. The van der Waals surface area contributed by atoms with Crippen LogP contribution in [0.25, 0.3) is 11.0 Å². The zero-order valence-electron chi connectivity index (χ0n) is 11.5. The van der Waals surface area contributed by atoms with Crippen molar-refractivity contribution >= 4 is 28.5 Å². The Balaban J connectivity index is 1.74. The van der Waals surface area contributed by atoms with Gasteiger partial charge in [-0.3, -0.25) is 4.79 Å². The zero-order valence-corrected chi connectivity index (χ0v) is 12.2. The summed E-state index contributed by atoms with van der Waals surface area (Å²) in [5.41, 5.74) is 3.38. The molecule has 0 bridgehead atoms. The number of carbonyl (C=O) groups is 1. The van der Waals surface area contributed by atoms with E-state index in [-0.39, 0.29) is 5.91 Å². The Kier molecular flexibility index (Phi) is 3.62. The van der Waals surface area contributed by atoms with Gasteiger partial charge in [0, 0.05) is 6.54 Å². The molecule has 0 fully saturated rings. The van der Waals surface area contributed by atoms with Gasteiger partial charge in [-0.2, -0.15) is 0 Å². The van der Waals surface area contributed by atoms with E-state index in [2.05, 4.69) is 15.3 Å². The molecule has 0 aliphatic rings. The van der Waals surface area contributed by atoms with Gasteiger partial charge < -0.3 is 10.3 Å². The summed E-state index contributed by atoms with van der Waals surface area (Å²) < 4.78 is 0. The van der Waals surface area contributed by atoms with E-state index in [1.165, 1.54) is 0 Å². The van der Waals surface area contributed by atoms with Crippen LogP contribution in [-0.2, 0) is 6.54 Å². The summed E-state index contributed by atoms with van der Waals surface area (Å²) >= 11 is 6.01. The minimum atomic E-state index is -0.179. The number of rotatable bonds is 3. The van der Waals surface area contributed by atoms with Crippen LogP contribution in [0.4, 0.5) is 0 Å². The monoisotopic (exact) mass is 299 g/mol. The van der Waals surface area contributed by atoms with Crippen LogP contribution in [-0.4, -0.2) is 15.9 Å². The maximum atomic E-state index is 12.1. The molecule has 0 spiro atoms. The van der Waals surface area contributed by atoms with Gasteiger partial charge in [-0.15, -0.1) is 0 Å². The van der Waals surface area contributed by atoms with Crippen LogP contribution in [0.1, 0.15) is 21.7 Å². The van der Waals surface area contributed by atoms with Gasteiger partial charge in [-0.1, -0.05) is 29.8 Å². The normalized spacial score (nSPS) is 10.8. The number of hydrogen-bond donors (Lipinski definition) is 2. The number of H-pyrrole nitrogens is 1. The van der Waals surface area contributed by atoms with Gasteiger partial charge in [0.1, 0.15) is 5.82 Å². The molecule has 0 saturated heterocycles. The molecule has 21 heavy (non-hydrogen) atoms. The molecule has 0 radical (unpaired) electrons. The number of aromatic amines is 1. The number of amides is 1. The van der Waals surface area contributed by atoms with Crippen LogP contribution in [0.15, 0.2) is 42.5 Å². The van der Waals surface area contributed by atoms with Crippen molar-refractivity contribution in [2.45, 2.75) is 13.5 Å². The lowest BCUT2D eigenvalue weighted by Crippen LogP contribution is -2.23. The standard InChI is InChI=1S/C16H14ClN3O/c1-10-19-14-7-6-11(8-15(14)20-10)9-18-16(21)12-4-2-3-5-13(12)17/h2-8H,9H2,1H3,(H,18,21)(H,19,20). The Morgan fingerprint density at radius 1 is 1.29 bits per heavy atom. The van der Waals surface area contributed by atoms with Gasteiger partial charge in [0.05, 0.1) is 21.6 Å². The maximum absolute atomic E-state index is 12.1. The molecule has 1 heterocycles. The third-order valence-corrected chi connectivity index (χ3v) is 3.57. The van der Waals surface area contributed by atoms with Crippen LogP contribution in [0, 0.1) is 6.92 Å². The van der Waals surface area contributed by atoms with Gasteiger partial charge >= 0.3 is 0 Å². The molecule has 3 rings (SSSR count). The lowest BCUT2D eigenvalue weighted by Gasteiger charge is -2.06. The van der Waals surface area contributed by atoms with Gasteiger partial charge in [0.15, 0.2) is 0 Å². The van der Waals surface area contributed by atoms with Crippen LogP contribution < -0.4 is 5.32 Å². The largest absolute Gasteiger partial charge is 0.348 e. The maximum Gasteiger partial charge on any atom is 0.253 e. The number of hydrogen-bond acceptors (Lipinski definition) is 2. The second kappa shape index (κ2) is 5.58. The molecule has 4 nitrogen and oxygen atoms in total. The molecule has 0 unspecified atom stereocenters. The van der Waals surface area contributed by atoms with E-state index >= 15 is 0 Å². The third-order valence-electron chi connectivity index (χ3n) is 3.24. The highest BCUT2D eigenvalue weighted by atomic mass is 35.5. The zero-order chi connectivity index (χ0) is 14.8. The summed E-state index contributed by atoms with van der Waals surface area (Å²) in [6.45, 7) is 2.36. The van der Waals surface area contributed by atoms with E-state index in [4.69, 9.17) is 11.6 Å². The first kappa shape index (κ1) is 13.6. The van der Waals surface area contributed by atoms with Crippen molar-refractivity contribution in [3.05, 3.63) is 64.4 Å². The number of benzene rings is 2. The molecule has 2 aromatic carbocycles. The Bertz CT molecular complexity index is 810. The Morgan fingerprint density at radius 2 is 2.10 bits per heavy atom. The molecule has 0 atom stereocenters. The predicted molar refractivity (Wildman–Crippen MR) is 83.5 cm³/mol. The lowest BCUT2D eigenvalue weighted by molar-refractivity contribution is 0.0951. The molecular weight excluding hydrogens is 286 g/mol. The van der Waals surface area contributed by atoms with Crippen LogP contribution in [0.3, 0.4) is 0 Å². The Labute approximate surface area is 127 Å². The van der Waals surface area contributed by atoms with E-state index in [1.54, 1.807) is 24.3 Å². The smallest absolute Gasteiger partial charge is 0.253 e. The van der Waals surface area contributed by atoms with Crippen molar-refractivity contribution in [1.29, 1.82) is 0 Å². The second-order valence-corrected chi connectivity index (χ2v) is 5.24. The average molecular weight is 300 g/mol. The number of carbonyl (C=O) groups excluding carboxylic acids is 1. The number of imidazole rings is 1. The molecule has 0 saturated carbocycles. The summed E-state index contributed by atoms with van der Waals surface area (Å²) in [6.07, 6.45) is 0. The average Bonchev–Trinajstić information content (AvgIpc) is 2.84. The van der Waals surface area contributed by atoms with Gasteiger partial charge in [0.2, 0.25) is 0 Å². The van der Waals surface area contributed by atoms with E-state index in [9.17, 15) is 4.79 Å². The fourth-order valence-electron chi connectivity index (χ4n) is 2.22. The number of aromatic nitrogens is 2. The van der Waals surface area contributed by atoms with Crippen molar-refractivity contribution in [2.75, 3.05) is 0 Å². The highest BCUT2D eigenvalue weighted by molar-refractivity contribution is 6.33. The van der Waals surface area contributed by atoms with Gasteiger partial charge in [-0.05, 0) is 36.8 Å². The van der Waals surface area contributed by atoms with Gasteiger partial charge in [0.25, 0.3) is 5.91 Å². The van der Waals surface area contributed by atoms with Crippen molar-refractivity contribution in [1.82, 2.24) is 15.3 Å². The Morgan fingerprint density at radius 3 is 2.90 bits per heavy atom. The predicted octanol–water partition coefficient (Wildman–Crippen LogP) is 3.45. The topological polar surface area (TPSA) is 57.8 Å². The minimum Gasteiger partial charge on any atom is -0.348 e. The first-order valence-corrected chi connectivity index (χ1v) is 6.99. The molecular formula is C16H14ClN3O. The van der Waals surface area contributed by atoms with Crippen molar-refractivity contribution in [3.8, 4) is 0 Å². The molecule has 1 aromatic heterocycles. The number of halogens is 1. The number of fused-ring (bicyclic) bond motifs is 1. The SMILES string of the molecule is Cc1nc2ccc(CNC(=O)c3ccccc3Cl)cc2[nH]1. The molecule has 106 valence electrons. The summed E-state index contributed by atoms with van der Waals surface area (Å²) in [5, 5.41) is 3.32. The molecule has 1 amide bonds. The highest BCUT2D eigenvalue weighted by Gasteiger charge is 2.09. The fourth-order valence-corrected chi connectivity index (χ4v) is 2.44. The molecule has 0 aliphatic heterocycles. The highest BCUT2D eigenvalue weighted by Crippen LogP contribution is 2.16. The van der Waals surface area contributed by atoms with Crippen molar-refractivity contribution < 1.29 is 4.79 Å². The lowest BCUT2D eigenvalue weighted by atomic mass is 10.1. The number of nitrogens with zero attached hydrogens (tertiary/aromatic N) is 1. The third kappa shape index (κ3) is 2.90. The molecule has 0 aliphatic carbocycles. The summed E-state index contributed by atoms with van der Waals surface area (Å²) in [5.74, 6) is 0.698. The van der Waals surface area contributed by atoms with E-state index in [0.717, 1.165) is 22.4 Å². The first-order valence-electron chi connectivity index (χ1n) is 6.61. The molecule has 5 heteroatoms. The van der Waals surface area contributed by atoms with Gasteiger partial charge in [-0.25, -0.2) is 4.98 Å². The quantitative estimate of drug-likeness (QED) is 0.778. The summed E-state index contributed by atoms with van der Waals surface area (Å²) in [4.78, 5) is 19.6. The molecule has 3 aromatic rings. The van der Waals surface area contributed by atoms with E-state index in [1.807, 2.05) is 25.1 Å². The van der Waals surface area contributed by atoms with Crippen molar-refractivity contribution in [3.63, 3.8) is 0 Å². The van der Waals surface area contributed by atoms with E-state index in [0.29, 0.717) is 17.1 Å². The fraction of sp³-hybridized carbons (Fsp3) is 0.125. The van der Waals surface area contributed by atoms with E-state index < -0.39 is 0 Å². The molecule has 2 N–H and O–H groups in total. The summed E-state index contributed by atoms with van der Waals surface area (Å²) in [6, 6.07) is 12.9. The first-order chi connectivity index (χ1) is 10.1. The Hall–Kier alpha value is -2.33. The van der Waals surface area contributed by atoms with Crippen LogP contribution in [0.5, 0.6) is 0 Å². The van der Waals surface area contributed by atoms with Crippen molar-refractivity contribution in [2.24, 2.45) is 0 Å². The number of aryl methyl sites for hydroxylation is 1.